The first kappa shape index (κ1) is 27.2. The summed E-state index contributed by atoms with van der Waals surface area (Å²) in [6, 6.07) is 40.2. The van der Waals surface area contributed by atoms with Crippen LogP contribution in [-0.4, -0.2) is 33.6 Å². The summed E-state index contributed by atoms with van der Waals surface area (Å²) in [4.78, 5) is 20.7. The van der Waals surface area contributed by atoms with Crippen molar-refractivity contribution in [1.82, 2.24) is 4.90 Å². The lowest BCUT2D eigenvalue weighted by molar-refractivity contribution is -0.159. The fraction of sp³-hybridized carbons (Fsp3) is 0.161. The molecule has 2 N–H and O–H groups in total. The van der Waals surface area contributed by atoms with Crippen molar-refractivity contribution in [1.29, 1.82) is 0 Å². The standard InChI is InChI=1S/C29H29NO.C2H2O4/c1-4-11-25(12-5-1)19-20-30(22-26-13-6-2-7-14-26)23-28-17-10-18-29(21-28)31-24-27-15-8-3-9-16-27;3-1(4)2(5)6/h1-18,21H,19-20,22-24H2;(H,3,4)(H,5,6). The van der Waals surface area contributed by atoms with Crippen LogP contribution in [-0.2, 0) is 35.7 Å². The molecule has 6 heteroatoms. The van der Waals surface area contributed by atoms with Crippen LogP contribution in [0.4, 0.5) is 0 Å². The molecule has 0 fully saturated rings. The highest BCUT2D eigenvalue weighted by Crippen LogP contribution is 2.18. The van der Waals surface area contributed by atoms with E-state index >= 15 is 0 Å². The Kier molecular flexibility index (Phi) is 10.9. The Balaban J connectivity index is 0.000000568. The number of rotatable bonds is 10. The second-order valence-electron chi connectivity index (χ2n) is 8.46. The van der Waals surface area contributed by atoms with Crippen molar-refractivity contribution in [3.8, 4) is 5.75 Å². The van der Waals surface area contributed by atoms with E-state index in [0.29, 0.717) is 6.61 Å². The highest BCUT2D eigenvalue weighted by molar-refractivity contribution is 6.27. The third-order valence-electron chi connectivity index (χ3n) is 5.54. The van der Waals surface area contributed by atoms with Crippen LogP contribution < -0.4 is 4.74 Å². The van der Waals surface area contributed by atoms with Gasteiger partial charge in [-0.2, -0.15) is 0 Å². The molecule has 6 nitrogen and oxygen atoms in total. The van der Waals surface area contributed by atoms with Crippen molar-refractivity contribution in [3.05, 3.63) is 138 Å². The molecule has 0 heterocycles. The number of carboxylic acid groups (broad SMARTS) is 2. The molecule has 190 valence electrons. The normalized spacial score (nSPS) is 10.3. The third kappa shape index (κ3) is 10.4. The molecule has 4 aromatic rings. The number of nitrogens with zero attached hydrogens (tertiary/aromatic N) is 1. The number of ether oxygens (including phenoxy) is 1. The average molecular weight is 498 g/mol. The Morgan fingerprint density at radius 1 is 0.595 bits per heavy atom. The van der Waals surface area contributed by atoms with Gasteiger partial charge < -0.3 is 14.9 Å². The second kappa shape index (κ2) is 14.9. The lowest BCUT2D eigenvalue weighted by Crippen LogP contribution is -2.25. The molecule has 0 saturated heterocycles. The van der Waals surface area contributed by atoms with Crippen LogP contribution in [0.1, 0.15) is 22.3 Å². The van der Waals surface area contributed by atoms with Gasteiger partial charge in [-0.05, 0) is 40.8 Å². The lowest BCUT2D eigenvalue weighted by Gasteiger charge is -2.23. The second-order valence-corrected chi connectivity index (χ2v) is 8.46. The van der Waals surface area contributed by atoms with Crippen LogP contribution in [0.3, 0.4) is 0 Å². The van der Waals surface area contributed by atoms with Crippen molar-refractivity contribution < 1.29 is 24.5 Å². The zero-order valence-corrected chi connectivity index (χ0v) is 20.6. The van der Waals surface area contributed by atoms with Gasteiger partial charge in [0.2, 0.25) is 0 Å². The average Bonchev–Trinajstić information content (AvgIpc) is 2.93. The SMILES string of the molecule is O=C(O)C(=O)O.c1ccc(CCN(Cc2ccccc2)Cc2cccc(OCc3ccccc3)c2)cc1. The van der Waals surface area contributed by atoms with Crippen molar-refractivity contribution in [3.63, 3.8) is 0 Å². The molecule has 4 aromatic carbocycles. The van der Waals surface area contributed by atoms with E-state index in [1.54, 1.807) is 0 Å². The summed E-state index contributed by atoms with van der Waals surface area (Å²) in [5, 5.41) is 14.8. The highest BCUT2D eigenvalue weighted by atomic mass is 16.5. The monoisotopic (exact) mass is 497 g/mol. The van der Waals surface area contributed by atoms with Gasteiger partial charge >= 0.3 is 11.9 Å². The van der Waals surface area contributed by atoms with E-state index in [9.17, 15) is 0 Å². The molecule has 0 bridgehead atoms. The van der Waals surface area contributed by atoms with Crippen molar-refractivity contribution >= 4 is 11.9 Å². The van der Waals surface area contributed by atoms with Crippen LogP contribution in [0.5, 0.6) is 5.75 Å². The van der Waals surface area contributed by atoms with Crippen LogP contribution in [0.15, 0.2) is 115 Å². The van der Waals surface area contributed by atoms with Gasteiger partial charge in [0.1, 0.15) is 12.4 Å². The molecule has 0 saturated carbocycles. The molecule has 0 radical (unpaired) electrons. The summed E-state index contributed by atoms with van der Waals surface area (Å²) in [5.74, 6) is -2.73. The predicted molar refractivity (Wildman–Crippen MR) is 143 cm³/mol. The molecular weight excluding hydrogens is 466 g/mol. The van der Waals surface area contributed by atoms with Crippen LogP contribution >= 0.6 is 0 Å². The first-order valence-corrected chi connectivity index (χ1v) is 12.0. The Hall–Kier alpha value is -4.42. The molecular formula is C31H31NO5. The summed E-state index contributed by atoms with van der Waals surface area (Å²) in [7, 11) is 0. The van der Waals surface area contributed by atoms with Gasteiger partial charge in [0.05, 0.1) is 0 Å². The first-order valence-electron chi connectivity index (χ1n) is 12.0. The number of benzene rings is 4. The fourth-order valence-corrected chi connectivity index (χ4v) is 3.72. The molecule has 0 aliphatic rings. The first-order chi connectivity index (χ1) is 18.0. The summed E-state index contributed by atoms with van der Waals surface area (Å²) in [5.41, 5.74) is 5.17. The Morgan fingerprint density at radius 3 is 1.65 bits per heavy atom. The van der Waals surface area contributed by atoms with Gasteiger partial charge in [0, 0.05) is 19.6 Å². The number of hydrogen-bond acceptors (Lipinski definition) is 4. The Labute approximate surface area is 217 Å². The number of hydrogen-bond donors (Lipinski definition) is 2. The summed E-state index contributed by atoms with van der Waals surface area (Å²) >= 11 is 0. The molecule has 0 amide bonds. The highest BCUT2D eigenvalue weighted by Gasteiger charge is 2.09. The van der Waals surface area contributed by atoms with Crippen LogP contribution in [0.2, 0.25) is 0 Å². The summed E-state index contributed by atoms with van der Waals surface area (Å²) in [6.07, 6.45) is 1.04. The van der Waals surface area contributed by atoms with Gasteiger partial charge in [0.25, 0.3) is 0 Å². The van der Waals surface area contributed by atoms with Gasteiger partial charge in [-0.3, -0.25) is 4.90 Å². The summed E-state index contributed by atoms with van der Waals surface area (Å²) < 4.78 is 6.04. The maximum Gasteiger partial charge on any atom is 0.414 e. The zero-order valence-electron chi connectivity index (χ0n) is 20.6. The predicted octanol–water partition coefficient (Wildman–Crippen LogP) is 5.67. The smallest absolute Gasteiger partial charge is 0.414 e. The van der Waals surface area contributed by atoms with Crippen molar-refractivity contribution in [2.45, 2.75) is 26.1 Å². The van der Waals surface area contributed by atoms with E-state index in [1.165, 1.54) is 22.3 Å². The molecule has 0 atom stereocenters. The Morgan fingerprint density at radius 2 is 1.08 bits per heavy atom. The minimum absolute atomic E-state index is 0.589. The molecule has 0 unspecified atom stereocenters. The number of carboxylic acids is 2. The zero-order chi connectivity index (χ0) is 26.3. The van der Waals surface area contributed by atoms with Gasteiger partial charge in [-0.25, -0.2) is 9.59 Å². The minimum Gasteiger partial charge on any atom is -0.489 e. The van der Waals surface area contributed by atoms with E-state index in [1.807, 2.05) is 24.3 Å². The van der Waals surface area contributed by atoms with E-state index in [0.717, 1.165) is 31.8 Å². The van der Waals surface area contributed by atoms with Crippen LogP contribution in [0, 0.1) is 0 Å². The molecule has 37 heavy (non-hydrogen) atoms. The van der Waals surface area contributed by atoms with E-state index in [2.05, 4.69) is 95.9 Å². The maximum atomic E-state index is 9.10. The van der Waals surface area contributed by atoms with Gasteiger partial charge in [0.15, 0.2) is 0 Å². The van der Waals surface area contributed by atoms with Gasteiger partial charge in [-0.15, -0.1) is 0 Å². The van der Waals surface area contributed by atoms with E-state index < -0.39 is 11.9 Å². The lowest BCUT2D eigenvalue weighted by atomic mass is 10.1. The third-order valence-corrected chi connectivity index (χ3v) is 5.54. The number of aliphatic carboxylic acids is 2. The van der Waals surface area contributed by atoms with Gasteiger partial charge in [-0.1, -0.05) is 103 Å². The minimum atomic E-state index is -1.82. The van der Waals surface area contributed by atoms with E-state index in [-0.39, 0.29) is 0 Å². The van der Waals surface area contributed by atoms with Crippen LogP contribution in [0.25, 0.3) is 0 Å². The van der Waals surface area contributed by atoms with Crippen molar-refractivity contribution in [2.75, 3.05) is 6.54 Å². The topological polar surface area (TPSA) is 87.1 Å². The largest absolute Gasteiger partial charge is 0.489 e. The summed E-state index contributed by atoms with van der Waals surface area (Å²) in [6.45, 7) is 3.42. The quantitative estimate of drug-likeness (QED) is 0.275. The van der Waals surface area contributed by atoms with E-state index in [4.69, 9.17) is 24.5 Å². The fourth-order valence-electron chi connectivity index (χ4n) is 3.72. The molecule has 0 aromatic heterocycles. The maximum absolute atomic E-state index is 9.10. The molecule has 0 aliphatic carbocycles. The van der Waals surface area contributed by atoms with Crippen molar-refractivity contribution in [2.24, 2.45) is 0 Å². The molecule has 4 rings (SSSR count). The molecule has 0 spiro atoms. The number of carbonyl (C=O) groups is 2. The Bertz CT molecular complexity index is 1220. The molecule has 0 aliphatic heterocycles.